The van der Waals surface area contributed by atoms with E-state index in [1.54, 1.807) is 6.20 Å². The third-order valence-corrected chi connectivity index (χ3v) is 4.03. The Bertz CT molecular complexity index is 558. The lowest BCUT2D eigenvalue weighted by Crippen LogP contribution is -2.18. The van der Waals surface area contributed by atoms with Gasteiger partial charge in [-0.1, -0.05) is 29.3 Å². The summed E-state index contributed by atoms with van der Waals surface area (Å²) in [7, 11) is 0. The molecule has 100 valence electrons. The lowest BCUT2D eigenvalue weighted by molar-refractivity contribution is 0.568. The van der Waals surface area contributed by atoms with E-state index >= 15 is 0 Å². The highest BCUT2D eigenvalue weighted by Gasteiger charge is 2.07. The fraction of sp³-hybridized carbons (Fsp3) is 0.214. The predicted octanol–water partition coefficient (Wildman–Crippen LogP) is 5.00. The van der Waals surface area contributed by atoms with Gasteiger partial charge in [0.1, 0.15) is 0 Å². The third-order valence-electron chi connectivity index (χ3n) is 2.82. The molecule has 19 heavy (non-hydrogen) atoms. The summed E-state index contributed by atoms with van der Waals surface area (Å²) in [6, 6.07) is 9.82. The minimum atomic E-state index is 0.181. The van der Waals surface area contributed by atoms with Crippen molar-refractivity contribution in [3.8, 4) is 0 Å². The monoisotopic (exact) mass is 358 g/mol. The number of benzene rings is 1. The highest BCUT2D eigenvalue weighted by Crippen LogP contribution is 2.25. The van der Waals surface area contributed by atoms with Gasteiger partial charge in [0.15, 0.2) is 0 Å². The molecule has 1 N–H and O–H groups in total. The molecule has 0 aliphatic rings. The second kappa shape index (κ2) is 6.71. The van der Waals surface area contributed by atoms with Crippen LogP contribution in [0.1, 0.15) is 24.2 Å². The zero-order chi connectivity index (χ0) is 13.8. The fourth-order valence-corrected chi connectivity index (χ4v) is 2.21. The maximum absolute atomic E-state index is 6.02. The minimum absolute atomic E-state index is 0.181. The van der Waals surface area contributed by atoms with Crippen molar-refractivity contribution in [1.29, 1.82) is 0 Å². The molecule has 0 fully saturated rings. The van der Waals surface area contributed by atoms with Gasteiger partial charge in [0.05, 0.1) is 15.7 Å². The second-order valence-electron chi connectivity index (χ2n) is 4.24. The first-order valence-corrected chi connectivity index (χ1v) is 7.40. The average Bonchev–Trinajstić information content (AvgIpc) is 2.41. The smallest absolute Gasteiger partial charge is 0.0595 e. The fourth-order valence-electron chi connectivity index (χ4n) is 1.67. The first-order valence-electron chi connectivity index (χ1n) is 5.85. The highest BCUT2D eigenvalue weighted by atomic mass is 79.9. The normalized spacial score (nSPS) is 12.4. The topological polar surface area (TPSA) is 24.9 Å². The van der Waals surface area contributed by atoms with Crippen molar-refractivity contribution in [1.82, 2.24) is 10.3 Å². The van der Waals surface area contributed by atoms with Crippen molar-refractivity contribution in [3.05, 3.63) is 62.3 Å². The Morgan fingerprint density at radius 3 is 2.63 bits per heavy atom. The number of nitrogens with zero attached hydrogens (tertiary/aromatic N) is 1. The van der Waals surface area contributed by atoms with Gasteiger partial charge in [-0.2, -0.15) is 0 Å². The van der Waals surface area contributed by atoms with E-state index in [1.165, 1.54) is 0 Å². The number of rotatable bonds is 4. The van der Waals surface area contributed by atoms with Crippen LogP contribution in [0.25, 0.3) is 0 Å². The van der Waals surface area contributed by atoms with Gasteiger partial charge in [-0.3, -0.25) is 4.98 Å². The molecule has 1 unspecified atom stereocenters. The summed E-state index contributed by atoms with van der Waals surface area (Å²) >= 11 is 15.3. The zero-order valence-electron chi connectivity index (χ0n) is 10.3. The van der Waals surface area contributed by atoms with Gasteiger partial charge in [-0.15, -0.1) is 0 Å². The molecule has 1 aromatic heterocycles. The number of hydrogen-bond donors (Lipinski definition) is 1. The Kier molecular flexibility index (Phi) is 5.22. The Hall–Kier alpha value is -0.610. The Morgan fingerprint density at radius 2 is 2.00 bits per heavy atom. The van der Waals surface area contributed by atoms with E-state index in [-0.39, 0.29) is 6.04 Å². The van der Waals surface area contributed by atoms with Crippen LogP contribution >= 0.6 is 39.1 Å². The summed E-state index contributed by atoms with van der Waals surface area (Å²) in [5.74, 6) is 0. The molecule has 0 aliphatic heterocycles. The van der Waals surface area contributed by atoms with Crippen LogP contribution in [-0.4, -0.2) is 4.98 Å². The molecule has 0 saturated carbocycles. The van der Waals surface area contributed by atoms with Crippen molar-refractivity contribution in [3.63, 3.8) is 0 Å². The zero-order valence-corrected chi connectivity index (χ0v) is 13.4. The molecule has 0 radical (unpaired) electrons. The molecule has 1 atom stereocenters. The molecule has 0 aliphatic carbocycles. The minimum Gasteiger partial charge on any atom is -0.305 e. The second-order valence-corrected chi connectivity index (χ2v) is 5.97. The van der Waals surface area contributed by atoms with E-state index < -0.39 is 0 Å². The molecule has 2 rings (SSSR count). The van der Waals surface area contributed by atoms with Gasteiger partial charge in [0.25, 0.3) is 0 Å². The molecule has 0 spiro atoms. The average molecular weight is 360 g/mol. The number of halogens is 3. The van der Waals surface area contributed by atoms with Gasteiger partial charge in [0, 0.05) is 23.3 Å². The van der Waals surface area contributed by atoms with Crippen LogP contribution in [0.3, 0.4) is 0 Å². The predicted molar refractivity (Wildman–Crippen MR) is 83.7 cm³/mol. The van der Waals surface area contributed by atoms with E-state index in [9.17, 15) is 0 Å². The van der Waals surface area contributed by atoms with E-state index in [2.05, 4.69) is 33.2 Å². The van der Waals surface area contributed by atoms with Gasteiger partial charge in [0.2, 0.25) is 0 Å². The number of hydrogen-bond acceptors (Lipinski definition) is 2. The Morgan fingerprint density at radius 1 is 1.21 bits per heavy atom. The van der Waals surface area contributed by atoms with Crippen LogP contribution in [0.4, 0.5) is 0 Å². The summed E-state index contributed by atoms with van der Waals surface area (Å²) < 4.78 is 0.980. The van der Waals surface area contributed by atoms with Crippen molar-refractivity contribution in [2.45, 2.75) is 19.5 Å². The Labute approximate surface area is 131 Å². The van der Waals surface area contributed by atoms with E-state index in [0.29, 0.717) is 16.6 Å². The lowest BCUT2D eigenvalue weighted by atomic mass is 10.1. The summed E-state index contributed by atoms with van der Waals surface area (Å²) in [6.45, 7) is 2.78. The molecule has 1 heterocycles. The van der Waals surface area contributed by atoms with Crippen molar-refractivity contribution in [2.24, 2.45) is 0 Å². The highest BCUT2D eigenvalue weighted by molar-refractivity contribution is 9.10. The lowest BCUT2D eigenvalue weighted by Gasteiger charge is -2.14. The van der Waals surface area contributed by atoms with E-state index in [4.69, 9.17) is 23.2 Å². The number of pyridine rings is 1. The summed E-state index contributed by atoms with van der Waals surface area (Å²) in [6.07, 6.45) is 1.79. The first-order chi connectivity index (χ1) is 9.06. The van der Waals surface area contributed by atoms with Gasteiger partial charge in [-0.05, 0) is 52.7 Å². The van der Waals surface area contributed by atoms with Gasteiger partial charge < -0.3 is 5.32 Å². The molecule has 2 aromatic rings. The van der Waals surface area contributed by atoms with Crippen LogP contribution in [0.2, 0.25) is 10.0 Å². The van der Waals surface area contributed by atoms with Crippen LogP contribution in [0.15, 0.2) is 41.0 Å². The van der Waals surface area contributed by atoms with E-state index in [0.717, 1.165) is 15.7 Å². The van der Waals surface area contributed by atoms with Gasteiger partial charge in [-0.25, -0.2) is 0 Å². The maximum atomic E-state index is 6.02. The van der Waals surface area contributed by atoms with Crippen LogP contribution in [-0.2, 0) is 6.54 Å². The SMILES string of the molecule is CC(NCc1ccc(Br)cn1)c1ccc(Cl)c(Cl)c1. The first kappa shape index (κ1) is 14.8. The molecular formula is C14H13BrCl2N2. The number of aromatic nitrogens is 1. The molecule has 0 amide bonds. The third kappa shape index (κ3) is 4.18. The molecule has 1 aromatic carbocycles. The largest absolute Gasteiger partial charge is 0.305 e. The summed E-state index contributed by atoms with van der Waals surface area (Å²) in [4.78, 5) is 4.32. The van der Waals surface area contributed by atoms with Crippen LogP contribution in [0, 0.1) is 0 Å². The molecule has 0 bridgehead atoms. The quantitative estimate of drug-likeness (QED) is 0.830. The molecule has 2 nitrogen and oxygen atoms in total. The van der Waals surface area contributed by atoms with Crippen molar-refractivity contribution < 1.29 is 0 Å². The maximum Gasteiger partial charge on any atom is 0.0595 e. The van der Waals surface area contributed by atoms with Crippen molar-refractivity contribution in [2.75, 3.05) is 0 Å². The molecule has 5 heteroatoms. The van der Waals surface area contributed by atoms with Gasteiger partial charge >= 0.3 is 0 Å². The Balaban J connectivity index is 1.98. The summed E-state index contributed by atoms with van der Waals surface area (Å²) in [5.41, 5.74) is 2.10. The number of nitrogens with one attached hydrogen (secondary N) is 1. The van der Waals surface area contributed by atoms with E-state index in [1.807, 2.05) is 30.3 Å². The standard InChI is InChI=1S/C14H13BrCl2N2/c1-9(10-2-5-13(16)14(17)6-10)18-8-12-4-3-11(15)7-19-12/h2-7,9,18H,8H2,1H3. The van der Waals surface area contributed by atoms with Crippen LogP contribution < -0.4 is 5.32 Å². The van der Waals surface area contributed by atoms with Crippen LogP contribution in [0.5, 0.6) is 0 Å². The summed E-state index contributed by atoms with van der Waals surface area (Å²) in [5, 5.41) is 4.56. The van der Waals surface area contributed by atoms with Crippen molar-refractivity contribution >= 4 is 39.1 Å². The molecular weight excluding hydrogens is 347 g/mol. The molecule has 0 saturated heterocycles.